The predicted molar refractivity (Wildman–Crippen MR) is 152 cm³/mol. The van der Waals surface area contributed by atoms with Crippen LogP contribution < -0.4 is 10.2 Å². The van der Waals surface area contributed by atoms with Crippen molar-refractivity contribution in [3.63, 3.8) is 0 Å². The Labute approximate surface area is 218 Å². The van der Waals surface area contributed by atoms with Crippen molar-refractivity contribution >= 4 is 28.4 Å². The van der Waals surface area contributed by atoms with E-state index in [1.54, 1.807) is 6.20 Å². The summed E-state index contributed by atoms with van der Waals surface area (Å²) in [6.07, 6.45) is 1.39. The zero-order valence-electron chi connectivity index (χ0n) is 22.3. The Hall–Kier alpha value is -3.84. The highest BCUT2D eigenvalue weighted by Gasteiger charge is 2.20. The molecule has 3 heterocycles. The molecule has 5 rings (SSSR count). The van der Waals surface area contributed by atoms with E-state index in [-0.39, 0.29) is 12.1 Å². The maximum atomic E-state index is 12.7. The Morgan fingerprint density at radius 3 is 2.41 bits per heavy atom. The third-order valence-corrected chi connectivity index (χ3v) is 7.05. The highest BCUT2D eigenvalue weighted by atomic mass is 16.5. The highest BCUT2D eigenvalue weighted by Crippen LogP contribution is 2.40. The van der Waals surface area contributed by atoms with Crippen LogP contribution in [0.4, 0.5) is 11.4 Å². The van der Waals surface area contributed by atoms with Gasteiger partial charge in [0.25, 0.3) is 0 Å². The molecule has 0 bridgehead atoms. The number of nitrogens with zero attached hydrogens (tertiary/aromatic N) is 3. The van der Waals surface area contributed by atoms with Gasteiger partial charge in [0.05, 0.1) is 17.4 Å². The molecule has 0 aliphatic carbocycles. The number of anilines is 2. The number of likely N-dealkylation sites (N-methyl/N-ethyl adjacent to an activating group) is 1. The fraction of sp³-hybridized carbons (Fsp3) is 0.333. The molecule has 0 saturated carbocycles. The molecule has 1 saturated heterocycles. The second-order valence-electron chi connectivity index (χ2n) is 10.1. The fourth-order valence-electron chi connectivity index (χ4n) is 4.93. The molecular formula is C30H35N5O2. The first-order valence-corrected chi connectivity index (χ1v) is 12.9. The minimum absolute atomic E-state index is 0.196. The number of pyridine rings is 1. The zero-order chi connectivity index (χ0) is 26.1. The van der Waals surface area contributed by atoms with Crippen LogP contribution in [0.2, 0.25) is 0 Å². The second kappa shape index (κ2) is 10.3. The maximum absolute atomic E-state index is 12.7. The van der Waals surface area contributed by atoms with Gasteiger partial charge in [0, 0.05) is 61.7 Å². The molecule has 0 atom stereocenters. The summed E-state index contributed by atoms with van der Waals surface area (Å²) in [7, 11) is 4.10. The van der Waals surface area contributed by atoms with Gasteiger partial charge in [-0.3, -0.25) is 0 Å². The van der Waals surface area contributed by atoms with Crippen LogP contribution >= 0.6 is 0 Å². The van der Waals surface area contributed by atoms with E-state index in [4.69, 9.17) is 4.74 Å². The Kier molecular flexibility index (Phi) is 6.89. The first-order valence-electron chi connectivity index (χ1n) is 12.9. The van der Waals surface area contributed by atoms with Gasteiger partial charge in [0.2, 0.25) is 0 Å². The van der Waals surface area contributed by atoms with Crippen LogP contribution in [0.3, 0.4) is 0 Å². The van der Waals surface area contributed by atoms with Gasteiger partial charge in [-0.05, 0) is 68.8 Å². The topological polar surface area (TPSA) is 73.5 Å². The van der Waals surface area contributed by atoms with Crippen LogP contribution in [0.5, 0.6) is 0 Å². The van der Waals surface area contributed by atoms with Crippen molar-refractivity contribution in [1.29, 1.82) is 0 Å². The van der Waals surface area contributed by atoms with Gasteiger partial charge in [-0.1, -0.05) is 24.3 Å². The van der Waals surface area contributed by atoms with E-state index in [9.17, 15) is 4.79 Å². The quantitative estimate of drug-likeness (QED) is 0.340. The summed E-state index contributed by atoms with van der Waals surface area (Å²) in [5.74, 6) is -0.366. The highest BCUT2D eigenvalue weighted by molar-refractivity contribution is 6.05. The first-order chi connectivity index (χ1) is 17.8. The van der Waals surface area contributed by atoms with E-state index < -0.39 is 0 Å². The third-order valence-electron chi connectivity index (χ3n) is 7.05. The predicted octanol–water partition coefficient (Wildman–Crippen LogP) is 5.56. The third kappa shape index (κ3) is 5.04. The van der Waals surface area contributed by atoms with Crippen molar-refractivity contribution in [3.8, 4) is 22.4 Å². The zero-order valence-corrected chi connectivity index (χ0v) is 22.3. The molecule has 1 fully saturated rings. The number of carbonyl (C=O) groups excluding carboxylic acids is 1. The van der Waals surface area contributed by atoms with Crippen molar-refractivity contribution in [1.82, 2.24) is 14.9 Å². The molecule has 2 aromatic heterocycles. The number of hydrogen-bond donors (Lipinski definition) is 2. The number of aryl methyl sites for hydroxylation is 1. The molecule has 1 aliphatic rings. The van der Waals surface area contributed by atoms with Gasteiger partial charge >= 0.3 is 5.97 Å². The Morgan fingerprint density at radius 1 is 1.03 bits per heavy atom. The van der Waals surface area contributed by atoms with E-state index in [2.05, 4.69) is 81.5 Å². The van der Waals surface area contributed by atoms with E-state index in [1.165, 1.54) is 11.3 Å². The molecule has 0 unspecified atom stereocenters. The SMILES string of the molecule is CNc1cc(-c2c(-c3ccc(N4CCN(C)CC4)cc3)[nH]c3ncc(C(=O)OC(C)C)cc23)ccc1C. The van der Waals surface area contributed by atoms with Crippen LogP contribution in [-0.2, 0) is 4.74 Å². The monoisotopic (exact) mass is 497 g/mol. The summed E-state index contributed by atoms with van der Waals surface area (Å²) >= 11 is 0. The molecule has 37 heavy (non-hydrogen) atoms. The summed E-state index contributed by atoms with van der Waals surface area (Å²) in [6, 6.07) is 17.0. The number of benzene rings is 2. The molecular weight excluding hydrogens is 462 g/mol. The van der Waals surface area contributed by atoms with Gasteiger partial charge in [-0.25, -0.2) is 9.78 Å². The second-order valence-corrected chi connectivity index (χ2v) is 10.1. The van der Waals surface area contributed by atoms with E-state index >= 15 is 0 Å². The Morgan fingerprint density at radius 2 is 1.73 bits per heavy atom. The minimum Gasteiger partial charge on any atom is -0.459 e. The first kappa shape index (κ1) is 24.8. The number of nitrogens with one attached hydrogen (secondary N) is 2. The lowest BCUT2D eigenvalue weighted by Crippen LogP contribution is -2.44. The lowest BCUT2D eigenvalue weighted by molar-refractivity contribution is 0.0377. The molecule has 192 valence electrons. The molecule has 0 amide bonds. The number of aromatic amines is 1. The van der Waals surface area contributed by atoms with E-state index in [0.717, 1.165) is 65.3 Å². The number of hydrogen-bond acceptors (Lipinski definition) is 6. The van der Waals surface area contributed by atoms with Crippen LogP contribution in [0.15, 0.2) is 54.7 Å². The summed E-state index contributed by atoms with van der Waals surface area (Å²) < 4.78 is 5.45. The number of rotatable bonds is 6. The molecule has 1 aliphatic heterocycles. The number of esters is 1. The largest absolute Gasteiger partial charge is 0.459 e. The molecule has 2 aromatic carbocycles. The van der Waals surface area contributed by atoms with Crippen molar-refractivity contribution in [2.75, 3.05) is 50.5 Å². The summed E-state index contributed by atoms with van der Waals surface area (Å²) in [4.78, 5) is 25.6. The lowest BCUT2D eigenvalue weighted by atomic mass is 9.96. The van der Waals surface area contributed by atoms with Crippen molar-refractivity contribution in [2.24, 2.45) is 0 Å². The smallest absolute Gasteiger partial charge is 0.339 e. The number of fused-ring (bicyclic) bond motifs is 1. The fourth-order valence-corrected chi connectivity index (χ4v) is 4.93. The normalized spacial score (nSPS) is 14.4. The van der Waals surface area contributed by atoms with Gasteiger partial charge < -0.3 is 24.8 Å². The van der Waals surface area contributed by atoms with Crippen molar-refractivity contribution in [3.05, 3.63) is 65.9 Å². The van der Waals surface area contributed by atoms with Gasteiger partial charge in [-0.2, -0.15) is 0 Å². The van der Waals surface area contributed by atoms with Gasteiger partial charge in [0.1, 0.15) is 5.65 Å². The summed E-state index contributed by atoms with van der Waals surface area (Å²) in [6.45, 7) is 9.99. The van der Waals surface area contributed by atoms with Crippen LogP contribution in [0.25, 0.3) is 33.4 Å². The molecule has 7 heteroatoms. The Bertz CT molecular complexity index is 1420. The minimum atomic E-state index is -0.366. The summed E-state index contributed by atoms with van der Waals surface area (Å²) in [5.41, 5.74) is 8.77. The average molecular weight is 498 g/mol. The van der Waals surface area contributed by atoms with Crippen LogP contribution in [-0.4, -0.2) is 67.2 Å². The molecule has 0 radical (unpaired) electrons. The number of carbonyl (C=O) groups is 1. The van der Waals surface area contributed by atoms with Gasteiger partial charge in [0.15, 0.2) is 0 Å². The standard InChI is InChI=1S/C30H35N5O2/c1-19(2)37-30(36)23-16-25-27(22-7-6-20(3)26(17-22)31-4)28(33-29(25)32-18-23)21-8-10-24(11-9-21)35-14-12-34(5)13-15-35/h6-11,16-19,31H,12-15H2,1-5H3,(H,32,33). The number of aromatic nitrogens is 2. The van der Waals surface area contributed by atoms with Crippen LogP contribution in [0.1, 0.15) is 29.8 Å². The molecule has 2 N–H and O–H groups in total. The Balaban J connectivity index is 1.61. The number of ether oxygens (including phenoxy) is 1. The van der Waals surface area contributed by atoms with Crippen molar-refractivity contribution in [2.45, 2.75) is 26.9 Å². The molecule has 4 aromatic rings. The summed E-state index contributed by atoms with van der Waals surface area (Å²) in [5, 5.41) is 4.19. The van der Waals surface area contributed by atoms with E-state index in [1.807, 2.05) is 27.0 Å². The van der Waals surface area contributed by atoms with Crippen LogP contribution in [0, 0.1) is 6.92 Å². The van der Waals surface area contributed by atoms with Crippen molar-refractivity contribution < 1.29 is 9.53 Å². The lowest BCUT2D eigenvalue weighted by Gasteiger charge is -2.34. The maximum Gasteiger partial charge on any atom is 0.339 e. The number of H-pyrrole nitrogens is 1. The number of piperazine rings is 1. The van der Waals surface area contributed by atoms with E-state index in [0.29, 0.717) is 5.56 Å². The molecule has 0 spiro atoms. The van der Waals surface area contributed by atoms with Gasteiger partial charge in [-0.15, -0.1) is 0 Å². The average Bonchev–Trinajstić information content (AvgIpc) is 3.28. The molecule has 7 nitrogen and oxygen atoms in total.